The zero-order valence-electron chi connectivity index (χ0n) is 14.2. The van der Waals surface area contributed by atoms with Crippen LogP contribution in [-0.2, 0) is 6.54 Å². The van der Waals surface area contributed by atoms with E-state index in [4.69, 9.17) is 4.74 Å². The molecule has 1 heterocycles. The smallest absolute Gasteiger partial charge is 0.123 e. The molecule has 3 heteroatoms. The van der Waals surface area contributed by atoms with Crippen molar-refractivity contribution in [1.29, 1.82) is 0 Å². The fraction of sp³-hybridized carbons (Fsp3) is 0.667. The summed E-state index contributed by atoms with van der Waals surface area (Å²) in [5.74, 6) is 1.01. The molecule has 3 nitrogen and oxygen atoms in total. The summed E-state index contributed by atoms with van der Waals surface area (Å²) in [4.78, 5) is 2.59. The average Bonchev–Trinajstić information content (AvgIpc) is 2.83. The first-order chi connectivity index (χ1) is 9.89. The largest absolute Gasteiger partial charge is 0.496 e. The van der Waals surface area contributed by atoms with Gasteiger partial charge >= 0.3 is 0 Å². The van der Waals surface area contributed by atoms with Crippen LogP contribution in [0.3, 0.4) is 0 Å². The summed E-state index contributed by atoms with van der Waals surface area (Å²) in [6.07, 6.45) is 2.59. The van der Waals surface area contributed by atoms with Crippen LogP contribution in [0.2, 0.25) is 0 Å². The van der Waals surface area contributed by atoms with Gasteiger partial charge in [0.05, 0.1) is 7.11 Å². The number of ether oxygens (including phenoxy) is 1. The van der Waals surface area contributed by atoms with E-state index in [9.17, 15) is 0 Å². The Morgan fingerprint density at radius 2 is 2.10 bits per heavy atom. The molecule has 0 spiro atoms. The highest BCUT2D eigenvalue weighted by atomic mass is 16.5. The highest BCUT2D eigenvalue weighted by molar-refractivity contribution is 5.36. The second-order valence-corrected chi connectivity index (χ2v) is 7.21. The standard InChI is InChI=1S/C18H30N2O/c1-14-8-9-17(21-5)15(11-14)13-20-10-6-7-16(20)12-19-18(2,3)4/h8-9,11,16,19H,6-7,10,12-13H2,1-5H3. The number of nitrogens with zero attached hydrogens (tertiary/aromatic N) is 1. The van der Waals surface area contributed by atoms with Crippen LogP contribution in [0.5, 0.6) is 5.75 Å². The SMILES string of the molecule is COc1ccc(C)cc1CN1CCCC1CNC(C)(C)C. The molecule has 0 bridgehead atoms. The van der Waals surface area contributed by atoms with Crippen LogP contribution < -0.4 is 10.1 Å². The van der Waals surface area contributed by atoms with Gasteiger partial charge in [0.15, 0.2) is 0 Å². The van der Waals surface area contributed by atoms with Crippen molar-refractivity contribution in [2.24, 2.45) is 0 Å². The van der Waals surface area contributed by atoms with Crippen LogP contribution in [0.1, 0.15) is 44.7 Å². The van der Waals surface area contributed by atoms with Crippen LogP contribution >= 0.6 is 0 Å². The molecular formula is C18H30N2O. The minimum Gasteiger partial charge on any atom is -0.496 e. The van der Waals surface area contributed by atoms with Crippen molar-refractivity contribution in [3.05, 3.63) is 29.3 Å². The minimum absolute atomic E-state index is 0.190. The monoisotopic (exact) mass is 290 g/mol. The van der Waals surface area contributed by atoms with Crippen LogP contribution in [0.15, 0.2) is 18.2 Å². The van der Waals surface area contributed by atoms with Gasteiger partial charge < -0.3 is 10.1 Å². The fourth-order valence-corrected chi connectivity index (χ4v) is 3.01. The van der Waals surface area contributed by atoms with E-state index in [0.29, 0.717) is 6.04 Å². The predicted molar refractivity (Wildman–Crippen MR) is 88.9 cm³/mol. The zero-order valence-corrected chi connectivity index (χ0v) is 14.2. The summed E-state index contributed by atoms with van der Waals surface area (Å²) in [5.41, 5.74) is 2.80. The molecule has 1 atom stereocenters. The quantitative estimate of drug-likeness (QED) is 0.900. The Hall–Kier alpha value is -1.06. The molecule has 1 fully saturated rings. The lowest BCUT2D eigenvalue weighted by Gasteiger charge is -2.29. The first-order valence-electron chi connectivity index (χ1n) is 8.01. The van der Waals surface area contributed by atoms with Gasteiger partial charge in [-0.2, -0.15) is 0 Å². The third-order valence-corrected chi connectivity index (χ3v) is 4.18. The number of aryl methyl sites for hydroxylation is 1. The van der Waals surface area contributed by atoms with Gasteiger partial charge in [0.1, 0.15) is 5.75 Å². The van der Waals surface area contributed by atoms with Crippen molar-refractivity contribution in [2.75, 3.05) is 20.2 Å². The molecule has 118 valence electrons. The molecule has 1 saturated heterocycles. The number of likely N-dealkylation sites (tertiary alicyclic amines) is 1. The van der Waals surface area contributed by atoms with Crippen LogP contribution in [-0.4, -0.2) is 36.7 Å². The number of hydrogen-bond donors (Lipinski definition) is 1. The molecule has 2 rings (SSSR count). The lowest BCUT2D eigenvalue weighted by molar-refractivity contribution is 0.223. The molecule has 0 aliphatic carbocycles. The normalized spacial score (nSPS) is 20.0. The number of rotatable bonds is 5. The summed E-state index contributed by atoms with van der Waals surface area (Å²) in [6, 6.07) is 7.09. The molecule has 1 aliphatic rings. The zero-order chi connectivity index (χ0) is 15.5. The summed E-state index contributed by atoms with van der Waals surface area (Å²) in [6.45, 7) is 12.1. The van der Waals surface area contributed by atoms with Gasteiger partial charge in [-0.05, 0) is 53.1 Å². The third kappa shape index (κ3) is 4.72. The van der Waals surface area contributed by atoms with Crippen LogP contribution in [0, 0.1) is 6.92 Å². The minimum atomic E-state index is 0.190. The number of hydrogen-bond acceptors (Lipinski definition) is 3. The maximum absolute atomic E-state index is 5.52. The Morgan fingerprint density at radius 3 is 2.76 bits per heavy atom. The molecule has 0 amide bonds. The molecule has 1 aromatic carbocycles. The summed E-state index contributed by atoms with van der Waals surface area (Å²) >= 11 is 0. The van der Waals surface area contributed by atoms with Gasteiger partial charge in [-0.15, -0.1) is 0 Å². The van der Waals surface area contributed by atoms with Gasteiger partial charge in [-0.1, -0.05) is 17.7 Å². The fourth-order valence-electron chi connectivity index (χ4n) is 3.01. The van der Waals surface area contributed by atoms with E-state index >= 15 is 0 Å². The van der Waals surface area contributed by atoms with E-state index in [1.54, 1.807) is 7.11 Å². The molecule has 1 aromatic rings. The average molecular weight is 290 g/mol. The first kappa shape index (κ1) is 16.3. The van der Waals surface area contributed by atoms with E-state index in [1.165, 1.54) is 30.5 Å². The van der Waals surface area contributed by atoms with Crippen molar-refractivity contribution in [2.45, 2.75) is 58.7 Å². The number of nitrogens with one attached hydrogen (secondary N) is 1. The Labute approximate surface area is 129 Å². The number of benzene rings is 1. The molecular weight excluding hydrogens is 260 g/mol. The van der Waals surface area contributed by atoms with Crippen LogP contribution in [0.25, 0.3) is 0 Å². The van der Waals surface area contributed by atoms with E-state index in [1.807, 2.05) is 0 Å². The lowest BCUT2D eigenvalue weighted by atomic mass is 10.1. The van der Waals surface area contributed by atoms with E-state index in [2.05, 4.69) is 56.1 Å². The molecule has 1 unspecified atom stereocenters. The predicted octanol–water partition coefficient (Wildman–Crippen LogP) is 3.36. The van der Waals surface area contributed by atoms with E-state index in [-0.39, 0.29) is 5.54 Å². The third-order valence-electron chi connectivity index (χ3n) is 4.18. The van der Waals surface area contributed by atoms with Crippen molar-refractivity contribution >= 4 is 0 Å². The Morgan fingerprint density at radius 1 is 1.33 bits per heavy atom. The van der Waals surface area contributed by atoms with Crippen LogP contribution in [0.4, 0.5) is 0 Å². The molecule has 21 heavy (non-hydrogen) atoms. The second kappa shape index (κ2) is 6.80. The maximum atomic E-state index is 5.52. The number of methoxy groups -OCH3 is 1. The van der Waals surface area contributed by atoms with Gasteiger partial charge in [0, 0.05) is 30.2 Å². The Balaban J connectivity index is 2.02. The first-order valence-corrected chi connectivity index (χ1v) is 8.01. The van der Waals surface area contributed by atoms with Crippen molar-refractivity contribution in [1.82, 2.24) is 10.2 Å². The summed E-state index contributed by atoms with van der Waals surface area (Å²) in [7, 11) is 1.76. The molecule has 0 aromatic heterocycles. The Kier molecular flexibility index (Phi) is 5.28. The van der Waals surface area contributed by atoms with Gasteiger partial charge in [-0.3, -0.25) is 4.90 Å². The summed E-state index contributed by atoms with van der Waals surface area (Å²) < 4.78 is 5.52. The molecule has 1 N–H and O–H groups in total. The molecule has 1 aliphatic heterocycles. The van der Waals surface area contributed by atoms with Gasteiger partial charge in [0.25, 0.3) is 0 Å². The summed E-state index contributed by atoms with van der Waals surface area (Å²) in [5, 5.41) is 3.65. The topological polar surface area (TPSA) is 24.5 Å². The van der Waals surface area contributed by atoms with E-state index in [0.717, 1.165) is 18.8 Å². The lowest BCUT2D eigenvalue weighted by Crippen LogP contribution is -2.45. The second-order valence-electron chi connectivity index (χ2n) is 7.21. The maximum Gasteiger partial charge on any atom is 0.123 e. The van der Waals surface area contributed by atoms with Crippen molar-refractivity contribution < 1.29 is 4.74 Å². The van der Waals surface area contributed by atoms with Gasteiger partial charge in [0.2, 0.25) is 0 Å². The molecule has 0 radical (unpaired) electrons. The molecule has 0 saturated carbocycles. The highest BCUT2D eigenvalue weighted by Crippen LogP contribution is 2.26. The van der Waals surface area contributed by atoms with Gasteiger partial charge in [-0.25, -0.2) is 0 Å². The Bertz CT molecular complexity index is 465. The van der Waals surface area contributed by atoms with E-state index < -0.39 is 0 Å². The van der Waals surface area contributed by atoms with Crippen molar-refractivity contribution in [3.63, 3.8) is 0 Å². The highest BCUT2D eigenvalue weighted by Gasteiger charge is 2.26. The van der Waals surface area contributed by atoms with Crippen molar-refractivity contribution in [3.8, 4) is 5.75 Å².